The Hall–Kier alpha value is -0.960. The second kappa shape index (κ2) is 9.03. The Morgan fingerprint density at radius 3 is 2.50 bits per heavy atom. The van der Waals surface area contributed by atoms with E-state index in [-0.39, 0.29) is 0 Å². The fraction of sp³-hybridized carbons (Fsp3) is 0.733. The molecule has 0 amide bonds. The van der Waals surface area contributed by atoms with Gasteiger partial charge in [-0.05, 0) is 31.9 Å². The average Bonchev–Trinajstić information content (AvgIpc) is 2.37. The lowest BCUT2D eigenvalue weighted by atomic mass is 10.0. The maximum Gasteiger partial charge on any atom is 0.115 e. The van der Waals surface area contributed by atoms with Gasteiger partial charge in [0.15, 0.2) is 0 Å². The maximum absolute atomic E-state index is 4.40. The van der Waals surface area contributed by atoms with Gasteiger partial charge in [0.1, 0.15) is 6.33 Å². The zero-order valence-corrected chi connectivity index (χ0v) is 12.1. The van der Waals surface area contributed by atoms with E-state index < -0.39 is 0 Å². The SMILES string of the molecule is CCCNC(CCC)Cc1cc(CCC)ncn1. The van der Waals surface area contributed by atoms with Crippen molar-refractivity contribution in [1.82, 2.24) is 15.3 Å². The summed E-state index contributed by atoms with van der Waals surface area (Å²) in [5, 5.41) is 3.61. The van der Waals surface area contributed by atoms with Gasteiger partial charge >= 0.3 is 0 Å². The summed E-state index contributed by atoms with van der Waals surface area (Å²) >= 11 is 0. The van der Waals surface area contributed by atoms with Gasteiger partial charge in [-0.2, -0.15) is 0 Å². The lowest BCUT2D eigenvalue weighted by Gasteiger charge is -2.17. The summed E-state index contributed by atoms with van der Waals surface area (Å²) in [5.74, 6) is 0. The molecule has 1 unspecified atom stereocenters. The van der Waals surface area contributed by atoms with E-state index in [9.17, 15) is 0 Å². The predicted octanol–water partition coefficient (Wildman–Crippen LogP) is 3.14. The molecule has 18 heavy (non-hydrogen) atoms. The molecular formula is C15H27N3. The quantitative estimate of drug-likeness (QED) is 0.730. The van der Waals surface area contributed by atoms with Crippen molar-refractivity contribution in [2.24, 2.45) is 0 Å². The summed E-state index contributed by atoms with van der Waals surface area (Å²) in [6.45, 7) is 7.73. The third-order valence-corrected chi connectivity index (χ3v) is 3.06. The molecule has 0 aliphatic heterocycles. The van der Waals surface area contributed by atoms with Gasteiger partial charge in [0, 0.05) is 23.9 Å². The van der Waals surface area contributed by atoms with Crippen molar-refractivity contribution in [2.45, 2.75) is 65.3 Å². The van der Waals surface area contributed by atoms with Gasteiger partial charge in [0.2, 0.25) is 0 Å². The van der Waals surface area contributed by atoms with E-state index in [0.29, 0.717) is 6.04 Å². The monoisotopic (exact) mass is 249 g/mol. The smallest absolute Gasteiger partial charge is 0.115 e. The van der Waals surface area contributed by atoms with Gasteiger partial charge in [-0.25, -0.2) is 9.97 Å². The van der Waals surface area contributed by atoms with E-state index >= 15 is 0 Å². The lowest BCUT2D eigenvalue weighted by molar-refractivity contribution is 0.468. The Balaban J connectivity index is 2.58. The van der Waals surface area contributed by atoms with Crippen LogP contribution in [0.1, 0.15) is 57.8 Å². The second-order valence-corrected chi connectivity index (χ2v) is 4.89. The molecule has 0 aliphatic rings. The highest BCUT2D eigenvalue weighted by Gasteiger charge is 2.09. The third kappa shape index (κ3) is 5.58. The number of nitrogens with one attached hydrogen (secondary N) is 1. The van der Waals surface area contributed by atoms with Crippen molar-refractivity contribution in [3.63, 3.8) is 0 Å². The molecule has 1 N–H and O–H groups in total. The van der Waals surface area contributed by atoms with Crippen LogP contribution in [0, 0.1) is 0 Å². The Morgan fingerprint density at radius 1 is 1.06 bits per heavy atom. The molecule has 0 aromatic carbocycles. The summed E-state index contributed by atoms with van der Waals surface area (Å²) < 4.78 is 0. The van der Waals surface area contributed by atoms with Crippen LogP contribution in [0.25, 0.3) is 0 Å². The highest BCUT2D eigenvalue weighted by molar-refractivity contribution is 5.09. The molecule has 0 radical (unpaired) electrons. The molecule has 0 saturated carbocycles. The van der Waals surface area contributed by atoms with Crippen LogP contribution in [-0.2, 0) is 12.8 Å². The van der Waals surface area contributed by atoms with Crippen molar-refractivity contribution < 1.29 is 0 Å². The van der Waals surface area contributed by atoms with Crippen LogP contribution in [0.5, 0.6) is 0 Å². The van der Waals surface area contributed by atoms with Crippen LogP contribution in [0.2, 0.25) is 0 Å². The first-order valence-corrected chi connectivity index (χ1v) is 7.33. The summed E-state index contributed by atoms with van der Waals surface area (Å²) in [7, 11) is 0. The number of aromatic nitrogens is 2. The molecular weight excluding hydrogens is 222 g/mol. The highest BCUT2D eigenvalue weighted by atomic mass is 14.9. The largest absolute Gasteiger partial charge is 0.314 e. The third-order valence-electron chi connectivity index (χ3n) is 3.06. The molecule has 1 rings (SSSR count). The lowest BCUT2D eigenvalue weighted by Crippen LogP contribution is -2.32. The van der Waals surface area contributed by atoms with E-state index in [2.05, 4.69) is 42.1 Å². The van der Waals surface area contributed by atoms with E-state index in [1.54, 1.807) is 6.33 Å². The standard InChI is InChI=1S/C15H27N3/c1-4-7-13(16-9-6-3)10-15-11-14(8-5-2)17-12-18-15/h11-13,16H,4-10H2,1-3H3. The maximum atomic E-state index is 4.40. The summed E-state index contributed by atoms with van der Waals surface area (Å²) in [4.78, 5) is 8.71. The van der Waals surface area contributed by atoms with Crippen molar-refractivity contribution in [1.29, 1.82) is 0 Å². The fourth-order valence-electron chi connectivity index (χ4n) is 2.17. The van der Waals surface area contributed by atoms with Gasteiger partial charge in [0.05, 0.1) is 0 Å². The molecule has 1 aromatic rings. The van der Waals surface area contributed by atoms with Gasteiger partial charge in [0.25, 0.3) is 0 Å². The molecule has 0 saturated heterocycles. The normalized spacial score (nSPS) is 12.6. The molecule has 102 valence electrons. The summed E-state index contributed by atoms with van der Waals surface area (Å²) in [5.41, 5.74) is 2.35. The minimum absolute atomic E-state index is 0.555. The van der Waals surface area contributed by atoms with Gasteiger partial charge in [-0.3, -0.25) is 0 Å². The topological polar surface area (TPSA) is 37.8 Å². The number of hydrogen-bond acceptors (Lipinski definition) is 3. The van der Waals surface area contributed by atoms with Crippen LogP contribution in [0.4, 0.5) is 0 Å². The Morgan fingerprint density at radius 2 is 1.83 bits per heavy atom. The van der Waals surface area contributed by atoms with Gasteiger partial charge in [-0.15, -0.1) is 0 Å². The van der Waals surface area contributed by atoms with Gasteiger partial charge in [-0.1, -0.05) is 33.6 Å². The van der Waals surface area contributed by atoms with E-state index in [4.69, 9.17) is 0 Å². The fourth-order valence-corrected chi connectivity index (χ4v) is 2.17. The van der Waals surface area contributed by atoms with Crippen LogP contribution in [0.15, 0.2) is 12.4 Å². The molecule has 3 heteroatoms. The number of rotatable bonds is 9. The average molecular weight is 249 g/mol. The Labute approximate surface area is 111 Å². The zero-order chi connectivity index (χ0) is 13.2. The number of nitrogens with zero attached hydrogens (tertiary/aromatic N) is 2. The molecule has 1 aromatic heterocycles. The molecule has 3 nitrogen and oxygen atoms in total. The number of hydrogen-bond donors (Lipinski definition) is 1. The molecule has 1 heterocycles. The van der Waals surface area contributed by atoms with Crippen LogP contribution >= 0.6 is 0 Å². The minimum atomic E-state index is 0.555. The van der Waals surface area contributed by atoms with Crippen LogP contribution in [-0.4, -0.2) is 22.6 Å². The number of aryl methyl sites for hydroxylation is 1. The summed E-state index contributed by atoms with van der Waals surface area (Å²) in [6.07, 6.45) is 8.54. The van der Waals surface area contributed by atoms with Gasteiger partial charge < -0.3 is 5.32 Å². The van der Waals surface area contributed by atoms with E-state index in [0.717, 1.165) is 25.8 Å². The van der Waals surface area contributed by atoms with E-state index in [1.807, 2.05) is 0 Å². The molecule has 1 atom stereocenters. The molecule has 0 aliphatic carbocycles. The van der Waals surface area contributed by atoms with E-state index in [1.165, 1.54) is 30.7 Å². The Bertz CT molecular complexity index is 325. The Kier molecular flexibility index (Phi) is 7.58. The molecule has 0 fully saturated rings. The molecule has 0 spiro atoms. The van der Waals surface area contributed by atoms with Crippen LogP contribution < -0.4 is 5.32 Å². The molecule has 0 bridgehead atoms. The van der Waals surface area contributed by atoms with Crippen molar-refractivity contribution in [2.75, 3.05) is 6.54 Å². The predicted molar refractivity (Wildman–Crippen MR) is 76.7 cm³/mol. The minimum Gasteiger partial charge on any atom is -0.314 e. The first-order chi connectivity index (χ1) is 8.80. The van der Waals surface area contributed by atoms with Crippen molar-refractivity contribution in [3.05, 3.63) is 23.8 Å². The highest BCUT2D eigenvalue weighted by Crippen LogP contribution is 2.07. The van der Waals surface area contributed by atoms with Crippen molar-refractivity contribution >= 4 is 0 Å². The first-order valence-electron chi connectivity index (χ1n) is 7.33. The summed E-state index contributed by atoms with van der Waals surface area (Å²) in [6, 6.07) is 2.72. The second-order valence-electron chi connectivity index (χ2n) is 4.89. The van der Waals surface area contributed by atoms with Crippen molar-refractivity contribution in [3.8, 4) is 0 Å². The first kappa shape index (κ1) is 15.1. The van der Waals surface area contributed by atoms with Crippen LogP contribution in [0.3, 0.4) is 0 Å². The zero-order valence-electron chi connectivity index (χ0n) is 12.1.